The minimum absolute atomic E-state index is 0.248. The Morgan fingerprint density at radius 1 is 1.23 bits per heavy atom. The van der Waals surface area contributed by atoms with Gasteiger partial charge in [0.05, 0.1) is 0 Å². The highest BCUT2D eigenvalue weighted by atomic mass is 32.2. The van der Waals surface area contributed by atoms with Crippen LogP contribution in [0.2, 0.25) is 0 Å². The standard InChI is InChI=1S/C18H32N4O3S/c1-13(2)5-8-22-17(25)21(11-15(19)23)16(24)18(22)6-9-20(10-7-18)14(3)12-26-4/h13-14H,5-12H2,1-4H3,(H2,19,23)/t14-/m0/s1. The lowest BCUT2D eigenvalue weighted by molar-refractivity contribution is -0.138. The SMILES string of the molecule is CSC[C@H](C)N1CCC2(CC1)C(=O)N(CC(N)=O)C(=O)N2CCC(C)C. The molecule has 0 radical (unpaired) electrons. The number of hydrogen-bond donors (Lipinski definition) is 1. The lowest BCUT2D eigenvalue weighted by Gasteiger charge is -2.44. The number of hydrogen-bond acceptors (Lipinski definition) is 5. The fraction of sp³-hybridized carbons (Fsp3) is 0.833. The average Bonchev–Trinajstić information content (AvgIpc) is 2.75. The number of nitrogens with two attached hydrogens (primary N) is 1. The van der Waals surface area contributed by atoms with Gasteiger partial charge in [-0.05, 0) is 38.4 Å². The number of carbonyl (C=O) groups excluding carboxylic acids is 3. The maximum absolute atomic E-state index is 13.1. The zero-order valence-corrected chi connectivity index (χ0v) is 17.2. The molecule has 2 rings (SSSR count). The van der Waals surface area contributed by atoms with Crippen LogP contribution in [0, 0.1) is 5.92 Å². The molecular weight excluding hydrogens is 352 g/mol. The first kappa shape index (κ1) is 21.0. The number of piperidine rings is 1. The molecule has 0 bridgehead atoms. The first-order valence-electron chi connectivity index (χ1n) is 9.37. The molecule has 0 saturated carbocycles. The molecule has 2 heterocycles. The average molecular weight is 385 g/mol. The van der Waals surface area contributed by atoms with Crippen molar-refractivity contribution < 1.29 is 14.4 Å². The van der Waals surface area contributed by atoms with Crippen LogP contribution < -0.4 is 5.73 Å². The Balaban J connectivity index is 2.20. The molecule has 7 nitrogen and oxygen atoms in total. The van der Waals surface area contributed by atoms with Gasteiger partial charge in [0.2, 0.25) is 5.91 Å². The van der Waals surface area contributed by atoms with E-state index in [4.69, 9.17) is 5.73 Å². The number of urea groups is 1. The van der Waals surface area contributed by atoms with Gasteiger partial charge in [0.25, 0.3) is 5.91 Å². The van der Waals surface area contributed by atoms with Gasteiger partial charge in [-0.1, -0.05) is 13.8 Å². The Morgan fingerprint density at radius 2 is 1.85 bits per heavy atom. The fourth-order valence-electron chi connectivity index (χ4n) is 3.94. The topological polar surface area (TPSA) is 87.0 Å². The van der Waals surface area contributed by atoms with Crippen molar-refractivity contribution in [2.45, 2.75) is 51.6 Å². The van der Waals surface area contributed by atoms with Crippen LogP contribution in [0.15, 0.2) is 0 Å². The normalized spacial score (nSPS) is 21.9. The maximum Gasteiger partial charge on any atom is 0.328 e. The van der Waals surface area contributed by atoms with Gasteiger partial charge in [0.15, 0.2) is 0 Å². The van der Waals surface area contributed by atoms with Gasteiger partial charge in [0, 0.05) is 31.4 Å². The van der Waals surface area contributed by atoms with Crippen LogP contribution in [0.1, 0.15) is 40.0 Å². The largest absolute Gasteiger partial charge is 0.368 e. The summed E-state index contributed by atoms with van der Waals surface area (Å²) in [6, 6.07) is 0.0838. The predicted molar refractivity (Wildman–Crippen MR) is 104 cm³/mol. The molecule has 1 atom stereocenters. The highest BCUT2D eigenvalue weighted by Gasteiger charge is 2.58. The molecule has 8 heteroatoms. The summed E-state index contributed by atoms with van der Waals surface area (Å²) in [6.07, 6.45) is 4.15. The van der Waals surface area contributed by atoms with Crippen molar-refractivity contribution in [3.63, 3.8) is 0 Å². The Kier molecular flexibility index (Phi) is 6.96. The van der Waals surface area contributed by atoms with Crippen molar-refractivity contribution >= 4 is 29.6 Å². The highest BCUT2D eigenvalue weighted by Crippen LogP contribution is 2.38. The van der Waals surface area contributed by atoms with Crippen LogP contribution >= 0.6 is 11.8 Å². The van der Waals surface area contributed by atoms with Crippen LogP contribution in [-0.2, 0) is 9.59 Å². The second-order valence-electron chi connectivity index (χ2n) is 7.85. The van der Waals surface area contributed by atoms with Crippen molar-refractivity contribution in [1.82, 2.24) is 14.7 Å². The van der Waals surface area contributed by atoms with E-state index in [2.05, 4.69) is 31.9 Å². The van der Waals surface area contributed by atoms with Gasteiger partial charge in [-0.2, -0.15) is 11.8 Å². The molecule has 0 aromatic rings. The van der Waals surface area contributed by atoms with Crippen LogP contribution in [0.5, 0.6) is 0 Å². The Labute approximate surface area is 160 Å². The smallest absolute Gasteiger partial charge is 0.328 e. The zero-order valence-electron chi connectivity index (χ0n) is 16.4. The Morgan fingerprint density at radius 3 is 2.35 bits per heavy atom. The molecule has 2 aliphatic rings. The summed E-state index contributed by atoms with van der Waals surface area (Å²) < 4.78 is 0. The summed E-state index contributed by atoms with van der Waals surface area (Å²) in [7, 11) is 0. The number of primary amides is 1. The van der Waals surface area contributed by atoms with E-state index in [1.165, 1.54) is 0 Å². The third kappa shape index (κ3) is 4.17. The summed E-state index contributed by atoms with van der Waals surface area (Å²) in [4.78, 5) is 42.5. The summed E-state index contributed by atoms with van der Waals surface area (Å²) in [6.45, 7) is 8.17. The molecule has 0 aliphatic carbocycles. The van der Waals surface area contributed by atoms with E-state index >= 15 is 0 Å². The Bertz CT molecular complexity index is 547. The maximum atomic E-state index is 13.1. The van der Waals surface area contributed by atoms with Crippen molar-refractivity contribution in [2.75, 3.05) is 38.2 Å². The molecule has 0 aromatic carbocycles. The van der Waals surface area contributed by atoms with Crippen LogP contribution in [0.3, 0.4) is 0 Å². The second-order valence-corrected chi connectivity index (χ2v) is 8.76. The van der Waals surface area contributed by atoms with Crippen molar-refractivity contribution in [3.05, 3.63) is 0 Å². The van der Waals surface area contributed by atoms with Gasteiger partial charge in [0.1, 0.15) is 12.1 Å². The number of likely N-dealkylation sites (tertiary alicyclic amines) is 1. The number of carbonyl (C=O) groups is 3. The quantitative estimate of drug-likeness (QED) is 0.639. The van der Waals surface area contributed by atoms with Gasteiger partial charge in [-0.15, -0.1) is 0 Å². The summed E-state index contributed by atoms with van der Waals surface area (Å²) in [5.74, 6) is 0.577. The lowest BCUT2D eigenvalue weighted by Crippen LogP contribution is -2.58. The molecule has 26 heavy (non-hydrogen) atoms. The molecule has 2 fully saturated rings. The monoisotopic (exact) mass is 384 g/mol. The molecule has 2 aliphatic heterocycles. The highest BCUT2D eigenvalue weighted by molar-refractivity contribution is 7.98. The first-order valence-corrected chi connectivity index (χ1v) is 10.8. The molecular formula is C18H32N4O3S. The van der Waals surface area contributed by atoms with E-state index in [1.54, 1.807) is 4.90 Å². The van der Waals surface area contributed by atoms with Crippen LogP contribution in [0.4, 0.5) is 4.79 Å². The lowest BCUT2D eigenvalue weighted by atomic mass is 9.85. The molecule has 0 unspecified atom stereocenters. The third-order valence-corrected chi connectivity index (χ3v) is 6.34. The zero-order chi connectivity index (χ0) is 19.5. The van der Waals surface area contributed by atoms with E-state index < -0.39 is 11.4 Å². The minimum Gasteiger partial charge on any atom is -0.368 e. The van der Waals surface area contributed by atoms with E-state index in [1.807, 2.05) is 11.8 Å². The van der Waals surface area contributed by atoms with Gasteiger partial charge in [-0.3, -0.25) is 19.4 Å². The first-order chi connectivity index (χ1) is 12.2. The van der Waals surface area contributed by atoms with Crippen molar-refractivity contribution in [2.24, 2.45) is 11.7 Å². The summed E-state index contributed by atoms with van der Waals surface area (Å²) >= 11 is 1.81. The summed E-state index contributed by atoms with van der Waals surface area (Å²) in [5, 5.41) is 0. The van der Waals surface area contributed by atoms with Crippen LogP contribution in [-0.4, -0.2) is 82.3 Å². The predicted octanol–water partition coefficient (Wildman–Crippen LogP) is 1.37. The molecule has 2 N–H and O–H groups in total. The van der Waals surface area contributed by atoms with Crippen LogP contribution in [0.25, 0.3) is 0 Å². The third-order valence-electron chi connectivity index (χ3n) is 5.52. The number of nitrogens with zero attached hydrogens (tertiary/aromatic N) is 3. The molecule has 4 amide bonds. The van der Waals surface area contributed by atoms with Gasteiger partial charge < -0.3 is 10.6 Å². The number of amides is 4. The Hall–Kier alpha value is -1.28. The minimum atomic E-state index is -0.809. The molecule has 2 saturated heterocycles. The van der Waals surface area contributed by atoms with E-state index in [9.17, 15) is 14.4 Å². The molecule has 0 aromatic heterocycles. The van der Waals surface area contributed by atoms with Gasteiger partial charge >= 0.3 is 6.03 Å². The second kappa shape index (κ2) is 8.61. The number of imide groups is 1. The van der Waals surface area contributed by atoms with Crippen molar-refractivity contribution in [1.29, 1.82) is 0 Å². The molecule has 148 valence electrons. The van der Waals surface area contributed by atoms with E-state index in [-0.39, 0.29) is 18.5 Å². The van der Waals surface area contributed by atoms with Gasteiger partial charge in [-0.25, -0.2) is 4.79 Å². The number of thioether (sulfide) groups is 1. The summed E-state index contributed by atoms with van der Waals surface area (Å²) in [5.41, 5.74) is 4.45. The van der Waals surface area contributed by atoms with Crippen molar-refractivity contribution in [3.8, 4) is 0 Å². The van der Waals surface area contributed by atoms with E-state index in [0.29, 0.717) is 31.3 Å². The van der Waals surface area contributed by atoms with E-state index in [0.717, 1.165) is 30.2 Å². The molecule has 1 spiro atoms. The fourth-order valence-corrected chi connectivity index (χ4v) is 4.63. The number of rotatable bonds is 8.